The third-order valence-corrected chi connectivity index (χ3v) is 6.29. The van der Waals surface area contributed by atoms with Crippen LogP contribution in [0.2, 0.25) is 6.55 Å². The van der Waals surface area contributed by atoms with Crippen LogP contribution in [0.3, 0.4) is 0 Å². The number of rotatable bonds is 2. The summed E-state index contributed by atoms with van der Waals surface area (Å²) in [4.78, 5) is 0. The molecule has 0 saturated carbocycles. The Morgan fingerprint density at radius 2 is 1.30 bits per heavy atom. The number of halogens is 2. The predicted molar refractivity (Wildman–Crippen MR) is 76.9 cm³/mol. The zero-order chi connectivity index (χ0) is 11.8. The second-order valence-corrected chi connectivity index (χ2v) is 7.60. The summed E-state index contributed by atoms with van der Waals surface area (Å²) in [6.07, 6.45) is 0. The predicted octanol–water partition coefficient (Wildman–Crippen LogP) is -2.07. The third-order valence-electron chi connectivity index (χ3n) is 3.78. The Balaban J connectivity index is 0.00000120. The monoisotopic (exact) mass is 396 g/mol. The summed E-state index contributed by atoms with van der Waals surface area (Å²) >= 11 is 0. The van der Waals surface area contributed by atoms with E-state index >= 15 is 0 Å². The normalized spacial score (nSPS) is 12.8. The molecule has 20 heavy (non-hydrogen) atoms. The maximum Gasteiger partial charge on any atom is 2.00 e. The van der Waals surface area contributed by atoms with Gasteiger partial charge >= 0.3 is 26.2 Å². The van der Waals surface area contributed by atoms with Crippen molar-refractivity contribution in [2.24, 2.45) is 0 Å². The second kappa shape index (κ2) is 8.34. The van der Waals surface area contributed by atoms with Gasteiger partial charge in [-0.15, -0.1) is 12.3 Å². The smallest absolute Gasteiger partial charge is 1.00 e. The van der Waals surface area contributed by atoms with Gasteiger partial charge in [0.2, 0.25) is 0 Å². The molecule has 1 unspecified atom stereocenters. The van der Waals surface area contributed by atoms with Crippen LogP contribution in [0.1, 0.15) is 16.7 Å². The van der Waals surface area contributed by atoms with Gasteiger partial charge in [-0.3, -0.25) is 0 Å². The van der Waals surface area contributed by atoms with E-state index in [4.69, 9.17) is 0 Å². The van der Waals surface area contributed by atoms with Crippen molar-refractivity contribution in [2.45, 2.75) is 12.1 Å². The van der Waals surface area contributed by atoms with E-state index in [9.17, 15) is 0 Å². The van der Waals surface area contributed by atoms with Gasteiger partial charge < -0.3 is 24.8 Å². The molecule has 0 heterocycles. The molecule has 0 aromatic heterocycles. The van der Waals surface area contributed by atoms with Crippen LogP contribution in [0.5, 0.6) is 0 Å². The number of fused-ring (bicyclic) bond motifs is 3. The van der Waals surface area contributed by atoms with Gasteiger partial charge in [-0.05, 0) is 22.3 Å². The number of benzene rings is 2. The molecule has 2 aromatic rings. The molecular weight excluding hydrogens is 382 g/mol. The first-order valence-electron chi connectivity index (χ1n) is 6.13. The fourth-order valence-corrected chi connectivity index (χ4v) is 4.88. The Labute approximate surface area is 154 Å². The second-order valence-electron chi connectivity index (χ2n) is 4.75. The van der Waals surface area contributed by atoms with Crippen LogP contribution in [0.15, 0.2) is 60.8 Å². The molecule has 2 aromatic carbocycles. The van der Waals surface area contributed by atoms with E-state index in [0.717, 1.165) is 0 Å². The molecular formula is C16H16Cl2SiZr. The van der Waals surface area contributed by atoms with Gasteiger partial charge in [0.1, 0.15) is 0 Å². The van der Waals surface area contributed by atoms with Gasteiger partial charge in [-0.2, -0.15) is 0 Å². The van der Waals surface area contributed by atoms with Crippen LogP contribution >= 0.6 is 0 Å². The standard InChI is InChI=1S/C16H16Si.2ClH.Zr/c1-3-17(2)16-14-10-6-4-8-12(14)13-9-5-7-11-15(13)16;;;/h3-11,16-17H,1H2,2H3;2*1H;/q;;;+2/p-2. The van der Waals surface area contributed by atoms with Crippen molar-refractivity contribution in [2.75, 3.05) is 0 Å². The Morgan fingerprint density at radius 3 is 1.70 bits per heavy atom. The molecule has 4 heteroatoms. The summed E-state index contributed by atoms with van der Waals surface area (Å²) in [5.74, 6) is 0. The molecule has 3 rings (SSSR count). The SMILES string of the molecule is C=C[SiH](C)C1c2ccccc2-c2ccccc21.[Cl-].[Cl-].[Zr+2]. The van der Waals surface area contributed by atoms with Crippen LogP contribution in [0.4, 0.5) is 0 Å². The molecule has 0 aliphatic heterocycles. The summed E-state index contributed by atoms with van der Waals surface area (Å²) in [5, 5.41) is 0. The molecule has 1 atom stereocenters. The average Bonchev–Trinajstić information content (AvgIpc) is 2.72. The summed E-state index contributed by atoms with van der Waals surface area (Å²) in [7, 11) is -0.944. The summed E-state index contributed by atoms with van der Waals surface area (Å²) in [6.45, 7) is 6.40. The summed E-state index contributed by atoms with van der Waals surface area (Å²) in [6, 6.07) is 17.6. The van der Waals surface area contributed by atoms with Gasteiger partial charge in [0.05, 0.1) is 8.80 Å². The molecule has 1 aliphatic carbocycles. The zero-order valence-corrected chi connectivity index (χ0v) is 16.4. The van der Waals surface area contributed by atoms with Gasteiger partial charge in [0.25, 0.3) is 0 Å². The molecule has 0 N–H and O–H groups in total. The van der Waals surface area contributed by atoms with E-state index in [-0.39, 0.29) is 51.0 Å². The Bertz CT molecular complexity index is 541. The van der Waals surface area contributed by atoms with Crippen molar-refractivity contribution in [1.29, 1.82) is 0 Å². The van der Waals surface area contributed by atoms with E-state index in [0.29, 0.717) is 5.54 Å². The van der Waals surface area contributed by atoms with E-state index in [1.54, 1.807) is 0 Å². The fraction of sp³-hybridized carbons (Fsp3) is 0.125. The first-order valence-corrected chi connectivity index (χ1v) is 8.62. The maximum absolute atomic E-state index is 4.01. The Morgan fingerprint density at radius 1 is 0.900 bits per heavy atom. The quantitative estimate of drug-likeness (QED) is 0.510. The Hall–Kier alpha value is -0.140. The van der Waals surface area contributed by atoms with Crippen molar-refractivity contribution in [3.8, 4) is 11.1 Å². The van der Waals surface area contributed by atoms with E-state index in [1.165, 1.54) is 22.3 Å². The van der Waals surface area contributed by atoms with Crippen molar-refractivity contribution < 1.29 is 51.0 Å². The molecule has 1 aliphatic rings. The van der Waals surface area contributed by atoms with Crippen LogP contribution in [-0.2, 0) is 26.2 Å². The third kappa shape index (κ3) is 3.20. The maximum atomic E-state index is 4.01. The first-order chi connectivity index (χ1) is 8.33. The minimum absolute atomic E-state index is 0. The van der Waals surface area contributed by atoms with E-state index < -0.39 is 8.80 Å². The van der Waals surface area contributed by atoms with Gasteiger partial charge in [0.15, 0.2) is 0 Å². The average molecular weight is 399 g/mol. The molecule has 0 saturated heterocycles. The van der Waals surface area contributed by atoms with E-state index in [1.807, 2.05) is 0 Å². The van der Waals surface area contributed by atoms with Gasteiger partial charge in [-0.1, -0.05) is 55.1 Å². The topological polar surface area (TPSA) is 0 Å². The molecule has 102 valence electrons. The van der Waals surface area contributed by atoms with Crippen molar-refractivity contribution in [3.05, 3.63) is 71.9 Å². The van der Waals surface area contributed by atoms with Crippen LogP contribution in [-0.4, -0.2) is 8.80 Å². The summed E-state index contributed by atoms with van der Waals surface area (Å²) < 4.78 is 0. The van der Waals surface area contributed by atoms with Gasteiger partial charge in [0, 0.05) is 5.54 Å². The number of hydrogen-bond donors (Lipinski definition) is 0. The minimum atomic E-state index is -0.944. The number of hydrogen-bond acceptors (Lipinski definition) is 0. The molecule has 0 fully saturated rings. The molecule has 0 radical (unpaired) electrons. The largest absolute Gasteiger partial charge is 2.00 e. The fourth-order valence-electron chi connectivity index (χ4n) is 2.90. The molecule has 0 spiro atoms. The van der Waals surface area contributed by atoms with Crippen LogP contribution < -0.4 is 24.8 Å². The summed E-state index contributed by atoms with van der Waals surface area (Å²) in [5.41, 5.74) is 8.67. The Kier molecular flexibility index (Phi) is 8.28. The molecule has 0 amide bonds. The first kappa shape index (κ1) is 19.9. The van der Waals surface area contributed by atoms with E-state index in [2.05, 4.69) is 67.4 Å². The van der Waals surface area contributed by atoms with Crippen molar-refractivity contribution in [3.63, 3.8) is 0 Å². The van der Waals surface area contributed by atoms with Gasteiger partial charge in [-0.25, -0.2) is 0 Å². The molecule has 0 bridgehead atoms. The van der Waals surface area contributed by atoms with Crippen molar-refractivity contribution >= 4 is 8.80 Å². The van der Waals surface area contributed by atoms with Crippen LogP contribution in [0, 0.1) is 0 Å². The zero-order valence-electron chi connectivity index (χ0n) is 11.3. The van der Waals surface area contributed by atoms with Crippen molar-refractivity contribution in [1.82, 2.24) is 0 Å². The van der Waals surface area contributed by atoms with Crippen LogP contribution in [0.25, 0.3) is 11.1 Å². The molecule has 0 nitrogen and oxygen atoms in total. The minimum Gasteiger partial charge on any atom is -1.00 e.